The highest BCUT2D eigenvalue weighted by molar-refractivity contribution is 7.21. The molecular formula is C12H9N5OS. The number of carbonyl (C=O) groups excluding carboxylic acids is 1. The summed E-state index contributed by atoms with van der Waals surface area (Å²) in [5, 5.41) is 11.2. The Morgan fingerprint density at radius 1 is 1.32 bits per heavy atom. The molecule has 3 aromatic heterocycles. The molecule has 1 amide bonds. The molecule has 19 heavy (non-hydrogen) atoms. The SMILES string of the molecule is Nc1c(C(=O)Nc2cccnc2)sc2nnccc12. The topological polar surface area (TPSA) is 93.8 Å². The van der Waals surface area contributed by atoms with Crippen molar-refractivity contribution in [3.05, 3.63) is 41.7 Å². The summed E-state index contributed by atoms with van der Waals surface area (Å²) in [7, 11) is 0. The number of aromatic nitrogens is 3. The predicted molar refractivity (Wildman–Crippen MR) is 74.0 cm³/mol. The molecule has 3 rings (SSSR count). The zero-order valence-corrected chi connectivity index (χ0v) is 10.5. The summed E-state index contributed by atoms with van der Waals surface area (Å²) in [6, 6.07) is 5.25. The third kappa shape index (κ3) is 2.11. The van der Waals surface area contributed by atoms with Crippen molar-refractivity contribution in [3.8, 4) is 0 Å². The van der Waals surface area contributed by atoms with E-state index in [2.05, 4.69) is 20.5 Å². The van der Waals surface area contributed by atoms with E-state index >= 15 is 0 Å². The minimum atomic E-state index is -0.270. The molecule has 94 valence electrons. The monoisotopic (exact) mass is 271 g/mol. The Morgan fingerprint density at radius 2 is 2.21 bits per heavy atom. The summed E-state index contributed by atoms with van der Waals surface area (Å²) in [6.45, 7) is 0. The van der Waals surface area contributed by atoms with Crippen molar-refractivity contribution in [2.24, 2.45) is 0 Å². The molecule has 6 nitrogen and oxygen atoms in total. The molecule has 0 unspecified atom stereocenters. The van der Waals surface area contributed by atoms with Gasteiger partial charge in [0.15, 0.2) is 0 Å². The van der Waals surface area contributed by atoms with Gasteiger partial charge in [-0.3, -0.25) is 9.78 Å². The summed E-state index contributed by atoms with van der Waals surface area (Å²) in [6.07, 6.45) is 4.76. The molecule has 7 heteroatoms. The van der Waals surface area contributed by atoms with E-state index in [1.54, 1.807) is 36.8 Å². The fraction of sp³-hybridized carbons (Fsp3) is 0. The van der Waals surface area contributed by atoms with Crippen LogP contribution in [0.25, 0.3) is 10.2 Å². The second-order valence-corrected chi connectivity index (χ2v) is 4.79. The third-order valence-electron chi connectivity index (χ3n) is 2.55. The average molecular weight is 271 g/mol. The lowest BCUT2D eigenvalue weighted by molar-refractivity contribution is 0.103. The van der Waals surface area contributed by atoms with Gasteiger partial charge < -0.3 is 11.1 Å². The maximum absolute atomic E-state index is 12.1. The first-order valence-electron chi connectivity index (χ1n) is 5.47. The summed E-state index contributed by atoms with van der Waals surface area (Å²) < 4.78 is 0. The van der Waals surface area contributed by atoms with Crippen molar-refractivity contribution in [3.63, 3.8) is 0 Å². The number of nitrogens with zero attached hydrogens (tertiary/aromatic N) is 3. The van der Waals surface area contributed by atoms with Crippen LogP contribution in [0.5, 0.6) is 0 Å². The molecule has 0 saturated heterocycles. The molecule has 0 spiro atoms. The van der Waals surface area contributed by atoms with Gasteiger partial charge >= 0.3 is 0 Å². The van der Waals surface area contributed by atoms with E-state index in [1.807, 2.05) is 0 Å². The Hall–Kier alpha value is -2.54. The first-order valence-corrected chi connectivity index (χ1v) is 6.28. The standard InChI is InChI=1S/C12H9N5OS/c13-9-8-3-5-15-17-12(8)19-10(9)11(18)16-7-2-1-4-14-6-7/h1-6H,13H2,(H,16,18). The number of hydrogen-bond acceptors (Lipinski definition) is 6. The van der Waals surface area contributed by atoms with Gasteiger partial charge in [-0.1, -0.05) is 0 Å². The van der Waals surface area contributed by atoms with Gasteiger partial charge in [-0.25, -0.2) is 0 Å². The van der Waals surface area contributed by atoms with E-state index in [0.29, 0.717) is 21.1 Å². The number of nitrogen functional groups attached to an aromatic ring is 1. The van der Waals surface area contributed by atoms with Gasteiger partial charge in [0.2, 0.25) is 0 Å². The fourth-order valence-corrected chi connectivity index (χ4v) is 2.60. The van der Waals surface area contributed by atoms with Crippen LogP contribution in [0.2, 0.25) is 0 Å². The Morgan fingerprint density at radius 3 is 2.95 bits per heavy atom. The number of anilines is 2. The first kappa shape index (κ1) is 11.5. The lowest BCUT2D eigenvalue weighted by Gasteiger charge is -2.02. The van der Waals surface area contributed by atoms with E-state index in [9.17, 15) is 4.79 Å². The smallest absolute Gasteiger partial charge is 0.267 e. The summed E-state index contributed by atoms with van der Waals surface area (Å²) in [4.78, 5) is 17.2. The number of amides is 1. The van der Waals surface area contributed by atoms with Crippen LogP contribution in [0.4, 0.5) is 11.4 Å². The van der Waals surface area contributed by atoms with E-state index in [0.717, 1.165) is 5.39 Å². The summed E-state index contributed by atoms with van der Waals surface area (Å²) in [5.41, 5.74) is 7.01. The number of thiophene rings is 1. The normalized spacial score (nSPS) is 10.5. The van der Waals surface area contributed by atoms with Gasteiger partial charge in [0.1, 0.15) is 9.71 Å². The van der Waals surface area contributed by atoms with Gasteiger partial charge in [0.25, 0.3) is 5.91 Å². The number of pyridine rings is 1. The van der Waals surface area contributed by atoms with E-state index in [-0.39, 0.29) is 5.91 Å². The Labute approximate surface area is 112 Å². The highest BCUT2D eigenvalue weighted by atomic mass is 32.1. The van der Waals surface area contributed by atoms with Crippen molar-refractivity contribution < 1.29 is 4.79 Å². The molecule has 3 N–H and O–H groups in total. The Balaban J connectivity index is 1.96. The first-order chi connectivity index (χ1) is 9.25. The van der Waals surface area contributed by atoms with Crippen LogP contribution in [-0.4, -0.2) is 21.1 Å². The van der Waals surface area contributed by atoms with Crippen molar-refractivity contribution in [2.45, 2.75) is 0 Å². The van der Waals surface area contributed by atoms with Crippen LogP contribution in [-0.2, 0) is 0 Å². The number of rotatable bonds is 2. The van der Waals surface area contributed by atoms with E-state index < -0.39 is 0 Å². The van der Waals surface area contributed by atoms with Gasteiger partial charge in [0, 0.05) is 11.6 Å². The zero-order valence-electron chi connectivity index (χ0n) is 9.70. The van der Waals surface area contributed by atoms with E-state index in [1.165, 1.54) is 11.3 Å². The maximum Gasteiger partial charge on any atom is 0.267 e. The van der Waals surface area contributed by atoms with Crippen molar-refractivity contribution in [1.29, 1.82) is 0 Å². The van der Waals surface area contributed by atoms with Crippen molar-refractivity contribution in [2.75, 3.05) is 11.1 Å². The molecular weight excluding hydrogens is 262 g/mol. The molecule has 3 aromatic rings. The quantitative estimate of drug-likeness (QED) is 0.742. The van der Waals surface area contributed by atoms with Gasteiger partial charge in [-0.2, -0.15) is 5.10 Å². The zero-order chi connectivity index (χ0) is 13.2. The molecule has 0 fully saturated rings. The minimum absolute atomic E-state index is 0.270. The van der Waals surface area contributed by atoms with Crippen LogP contribution in [0.15, 0.2) is 36.8 Å². The van der Waals surface area contributed by atoms with Crippen LogP contribution in [0.1, 0.15) is 9.67 Å². The van der Waals surface area contributed by atoms with Gasteiger partial charge in [0.05, 0.1) is 23.8 Å². The van der Waals surface area contributed by atoms with Crippen molar-refractivity contribution in [1.82, 2.24) is 15.2 Å². The molecule has 3 heterocycles. The molecule has 0 aromatic carbocycles. The van der Waals surface area contributed by atoms with Gasteiger partial charge in [-0.05, 0) is 18.2 Å². The van der Waals surface area contributed by atoms with E-state index in [4.69, 9.17) is 5.73 Å². The molecule has 0 aliphatic carbocycles. The number of fused-ring (bicyclic) bond motifs is 1. The highest BCUT2D eigenvalue weighted by Crippen LogP contribution is 2.31. The van der Waals surface area contributed by atoms with Crippen LogP contribution < -0.4 is 11.1 Å². The van der Waals surface area contributed by atoms with Crippen LogP contribution in [0, 0.1) is 0 Å². The fourth-order valence-electron chi connectivity index (χ4n) is 1.67. The third-order valence-corrected chi connectivity index (χ3v) is 3.65. The molecule has 0 saturated carbocycles. The molecule has 0 atom stereocenters. The number of hydrogen-bond donors (Lipinski definition) is 2. The number of carbonyl (C=O) groups is 1. The van der Waals surface area contributed by atoms with Crippen molar-refractivity contribution >= 4 is 38.8 Å². The van der Waals surface area contributed by atoms with Crippen LogP contribution in [0.3, 0.4) is 0 Å². The van der Waals surface area contributed by atoms with Crippen LogP contribution >= 0.6 is 11.3 Å². The molecule has 0 radical (unpaired) electrons. The Bertz CT molecular complexity index is 740. The largest absolute Gasteiger partial charge is 0.397 e. The number of nitrogens with one attached hydrogen (secondary N) is 1. The lowest BCUT2D eigenvalue weighted by atomic mass is 10.3. The maximum atomic E-state index is 12.1. The molecule has 0 aliphatic heterocycles. The average Bonchev–Trinajstić information content (AvgIpc) is 2.78. The second-order valence-electron chi connectivity index (χ2n) is 3.79. The lowest BCUT2D eigenvalue weighted by Crippen LogP contribution is -2.11. The number of nitrogens with two attached hydrogens (primary N) is 1. The van der Waals surface area contributed by atoms with Gasteiger partial charge in [-0.15, -0.1) is 16.4 Å². The molecule has 0 aliphatic rings. The molecule has 0 bridgehead atoms. The summed E-state index contributed by atoms with van der Waals surface area (Å²) >= 11 is 1.22. The predicted octanol–water partition coefficient (Wildman–Crippen LogP) is 1.92. The Kier molecular flexibility index (Phi) is 2.81. The second kappa shape index (κ2) is 4.62. The summed E-state index contributed by atoms with van der Waals surface area (Å²) in [5.74, 6) is -0.270. The highest BCUT2D eigenvalue weighted by Gasteiger charge is 2.17. The minimum Gasteiger partial charge on any atom is -0.397 e.